The Hall–Kier alpha value is -4.34. The number of aryl methyl sites for hydroxylation is 1. The topological polar surface area (TPSA) is 111 Å². The second-order valence-corrected chi connectivity index (χ2v) is 7.87. The van der Waals surface area contributed by atoms with Crippen molar-refractivity contribution in [3.8, 4) is 34.5 Å². The molecular formula is C24H20N4O6. The molecule has 0 fully saturated rings. The predicted molar refractivity (Wildman–Crippen MR) is 118 cm³/mol. The standard InChI is InChI=1S/C24H20N4O6/c29-24-27-21(32-12-17-13-33-23-20(34-17)2-1-6-26-23)11-19-18-4-3-16(10-15(18)5-8-28(19)24)31-14-22-25-7-9-30-22/h1-4,6-7,9-11,17H,5,8,12-14H2/t17-/m1/s1. The van der Waals surface area contributed by atoms with Gasteiger partial charge in [-0.1, -0.05) is 0 Å². The van der Waals surface area contributed by atoms with E-state index in [0.29, 0.717) is 42.8 Å². The number of aromatic nitrogens is 4. The average molecular weight is 460 g/mol. The lowest BCUT2D eigenvalue weighted by molar-refractivity contribution is 0.0486. The lowest BCUT2D eigenvalue weighted by atomic mass is 9.97. The van der Waals surface area contributed by atoms with Gasteiger partial charge in [0.1, 0.15) is 25.2 Å². The minimum atomic E-state index is -0.349. The smallest absolute Gasteiger partial charge is 0.351 e. The molecule has 2 aliphatic heterocycles. The molecule has 0 saturated heterocycles. The van der Waals surface area contributed by atoms with Gasteiger partial charge in [-0.15, -0.1) is 0 Å². The fraction of sp³-hybridized carbons (Fsp3) is 0.250. The summed E-state index contributed by atoms with van der Waals surface area (Å²) in [6.45, 7) is 1.26. The van der Waals surface area contributed by atoms with E-state index in [2.05, 4.69) is 15.0 Å². The Kier molecular flexibility index (Phi) is 5.10. The fourth-order valence-corrected chi connectivity index (χ4v) is 4.04. The minimum Gasteiger partial charge on any atom is -0.484 e. The summed E-state index contributed by atoms with van der Waals surface area (Å²) in [6.07, 6.45) is 5.09. The molecule has 0 N–H and O–H groups in total. The summed E-state index contributed by atoms with van der Waals surface area (Å²) in [5.41, 5.74) is 2.43. The lowest BCUT2D eigenvalue weighted by Crippen LogP contribution is -2.35. The zero-order valence-electron chi connectivity index (χ0n) is 18.0. The van der Waals surface area contributed by atoms with Crippen molar-refractivity contribution in [3.63, 3.8) is 0 Å². The molecule has 0 bridgehead atoms. The van der Waals surface area contributed by atoms with Gasteiger partial charge in [0.05, 0.1) is 11.9 Å². The monoisotopic (exact) mass is 460 g/mol. The quantitative estimate of drug-likeness (QED) is 0.429. The van der Waals surface area contributed by atoms with Crippen LogP contribution in [0.5, 0.6) is 23.3 Å². The highest BCUT2D eigenvalue weighted by atomic mass is 16.6. The van der Waals surface area contributed by atoms with Crippen LogP contribution in [0, 0.1) is 0 Å². The molecule has 0 saturated carbocycles. The number of rotatable bonds is 6. The van der Waals surface area contributed by atoms with Gasteiger partial charge < -0.3 is 23.4 Å². The number of fused-ring (bicyclic) bond motifs is 4. The number of benzene rings is 1. The summed E-state index contributed by atoms with van der Waals surface area (Å²) in [5.74, 6) is 2.49. The zero-order valence-corrected chi connectivity index (χ0v) is 18.0. The molecule has 2 aliphatic rings. The van der Waals surface area contributed by atoms with Gasteiger partial charge in [0.25, 0.3) is 5.88 Å². The minimum absolute atomic E-state index is 0.185. The molecule has 1 atom stereocenters. The maximum atomic E-state index is 12.7. The Morgan fingerprint density at radius 1 is 1.12 bits per heavy atom. The Morgan fingerprint density at radius 2 is 2.09 bits per heavy atom. The SMILES string of the molecule is O=c1nc(OC[C@@H]2COc3ncccc3O2)cc2n1CCc1cc(OCc3ncco3)ccc1-2. The van der Waals surface area contributed by atoms with Crippen LogP contribution < -0.4 is 24.6 Å². The van der Waals surface area contributed by atoms with E-state index in [0.717, 1.165) is 16.8 Å². The predicted octanol–water partition coefficient (Wildman–Crippen LogP) is 2.65. The molecule has 34 heavy (non-hydrogen) atoms. The van der Waals surface area contributed by atoms with Crippen molar-refractivity contribution in [1.29, 1.82) is 0 Å². The van der Waals surface area contributed by atoms with Crippen molar-refractivity contribution in [1.82, 2.24) is 19.5 Å². The van der Waals surface area contributed by atoms with Gasteiger partial charge in [-0.3, -0.25) is 4.57 Å². The second kappa shape index (κ2) is 8.54. The van der Waals surface area contributed by atoms with E-state index < -0.39 is 0 Å². The van der Waals surface area contributed by atoms with E-state index in [1.54, 1.807) is 35.2 Å². The van der Waals surface area contributed by atoms with Crippen molar-refractivity contribution >= 4 is 0 Å². The number of ether oxygens (including phenoxy) is 4. The Morgan fingerprint density at radius 3 is 3.00 bits per heavy atom. The van der Waals surface area contributed by atoms with Crippen LogP contribution in [0.4, 0.5) is 0 Å². The summed E-state index contributed by atoms with van der Waals surface area (Å²) >= 11 is 0. The number of nitrogens with zero attached hydrogens (tertiary/aromatic N) is 4. The summed E-state index contributed by atoms with van der Waals surface area (Å²) in [7, 11) is 0. The third-order valence-electron chi connectivity index (χ3n) is 5.64. The third kappa shape index (κ3) is 3.94. The molecule has 3 aromatic heterocycles. The van der Waals surface area contributed by atoms with Gasteiger partial charge in [-0.05, 0) is 42.3 Å². The third-order valence-corrected chi connectivity index (χ3v) is 5.64. The maximum absolute atomic E-state index is 12.7. The number of hydrogen-bond donors (Lipinski definition) is 0. The van der Waals surface area contributed by atoms with E-state index in [-0.39, 0.29) is 30.9 Å². The van der Waals surface area contributed by atoms with Crippen LogP contribution >= 0.6 is 0 Å². The molecule has 4 aromatic rings. The molecule has 5 heterocycles. The van der Waals surface area contributed by atoms with E-state index in [4.69, 9.17) is 23.4 Å². The molecule has 10 nitrogen and oxygen atoms in total. The lowest BCUT2D eigenvalue weighted by Gasteiger charge is -2.25. The van der Waals surface area contributed by atoms with Gasteiger partial charge in [-0.2, -0.15) is 4.98 Å². The summed E-state index contributed by atoms with van der Waals surface area (Å²) in [5, 5.41) is 0. The average Bonchev–Trinajstić information content (AvgIpc) is 3.39. The van der Waals surface area contributed by atoms with Crippen LogP contribution in [0.25, 0.3) is 11.3 Å². The Labute approximate surface area is 193 Å². The molecule has 0 spiro atoms. The molecule has 0 unspecified atom stereocenters. The van der Waals surface area contributed by atoms with Crippen LogP contribution in [-0.4, -0.2) is 38.8 Å². The van der Waals surface area contributed by atoms with E-state index in [9.17, 15) is 4.79 Å². The molecular weight excluding hydrogens is 440 g/mol. The summed E-state index contributed by atoms with van der Waals surface area (Å²) in [6, 6.07) is 11.1. The molecule has 10 heteroatoms. The van der Waals surface area contributed by atoms with Crippen LogP contribution in [0.2, 0.25) is 0 Å². The summed E-state index contributed by atoms with van der Waals surface area (Å²) < 4.78 is 30.0. The molecule has 0 radical (unpaired) electrons. The summed E-state index contributed by atoms with van der Waals surface area (Å²) in [4.78, 5) is 25.0. The van der Waals surface area contributed by atoms with Crippen molar-refractivity contribution in [2.24, 2.45) is 0 Å². The fourth-order valence-electron chi connectivity index (χ4n) is 4.04. The van der Waals surface area contributed by atoms with Gasteiger partial charge in [0.15, 0.2) is 18.5 Å². The largest absolute Gasteiger partial charge is 0.484 e. The van der Waals surface area contributed by atoms with E-state index in [1.165, 1.54) is 6.26 Å². The highest BCUT2D eigenvalue weighted by Gasteiger charge is 2.24. The van der Waals surface area contributed by atoms with Crippen LogP contribution in [-0.2, 0) is 19.6 Å². The van der Waals surface area contributed by atoms with Gasteiger partial charge >= 0.3 is 5.69 Å². The van der Waals surface area contributed by atoms with Crippen molar-refractivity contribution < 1.29 is 23.4 Å². The maximum Gasteiger partial charge on any atom is 0.351 e. The van der Waals surface area contributed by atoms with Crippen LogP contribution in [0.15, 0.2) is 64.3 Å². The number of pyridine rings is 1. The van der Waals surface area contributed by atoms with Crippen LogP contribution in [0.1, 0.15) is 11.5 Å². The first kappa shape index (κ1) is 20.3. The van der Waals surface area contributed by atoms with Crippen molar-refractivity contribution in [3.05, 3.63) is 77.0 Å². The van der Waals surface area contributed by atoms with Gasteiger partial charge in [0.2, 0.25) is 11.8 Å². The van der Waals surface area contributed by atoms with Gasteiger partial charge in [0, 0.05) is 24.4 Å². The Balaban J connectivity index is 1.19. The normalized spacial score (nSPS) is 15.8. The van der Waals surface area contributed by atoms with E-state index in [1.807, 2.05) is 18.2 Å². The zero-order chi connectivity index (χ0) is 22.9. The molecule has 1 aromatic carbocycles. The first-order chi connectivity index (χ1) is 16.7. The Bertz CT molecular complexity index is 1380. The molecule has 172 valence electrons. The van der Waals surface area contributed by atoms with E-state index >= 15 is 0 Å². The highest BCUT2D eigenvalue weighted by molar-refractivity contribution is 5.67. The molecule has 0 aliphatic carbocycles. The number of oxazole rings is 1. The molecule has 0 amide bonds. The first-order valence-electron chi connectivity index (χ1n) is 10.9. The van der Waals surface area contributed by atoms with Crippen molar-refractivity contribution in [2.45, 2.75) is 25.7 Å². The van der Waals surface area contributed by atoms with Gasteiger partial charge in [-0.25, -0.2) is 14.8 Å². The molecule has 6 rings (SSSR count). The first-order valence-corrected chi connectivity index (χ1v) is 10.9. The number of hydrogen-bond acceptors (Lipinski definition) is 9. The highest BCUT2D eigenvalue weighted by Crippen LogP contribution is 2.33. The van der Waals surface area contributed by atoms with Crippen LogP contribution in [0.3, 0.4) is 0 Å². The second-order valence-electron chi connectivity index (χ2n) is 7.87. The van der Waals surface area contributed by atoms with Crippen molar-refractivity contribution in [2.75, 3.05) is 13.2 Å².